The first-order valence-electron chi connectivity index (χ1n) is 9.79. The average molecular weight is 366 g/mol. The van der Waals surface area contributed by atoms with E-state index in [1.165, 1.54) is 5.56 Å². The molecule has 2 aromatic rings. The number of aromatic nitrogens is 2. The third kappa shape index (κ3) is 4.45. The maximum Gasteiger partial charge on any atom is 0.241 e. The zero-order valence-electron chi connectivity index (χ0n) is 15.6. The van der Waals surface area contributed by atoms with E-state index in [2.05, 4.69) is 33.1 Å². The fraction of sp³-hybridized carbons (Fsp3) is 0.476. The van der Waals surface area contributed by atoms with Gasteiger partial charge in [-0.2, -0.15) is 0 Å². The lowest BCUT2D eigenvalue weighted by Crippen LogP contribution is -2.46. The Balaban J connectivity index is 1.32. The molecule has 27 heavy (non-hydrogen) atoms. The lowest BCUT2D eigenvalue weighted by molar-refractivity contribution is -0.120. The van der Waals surface area contributed by atoms with Crippen LogP contribution in [0.2, 0.25) is 0 Å². The summed E-state index contributed by atoms with van der Waals surface area (Å²) in [6.07, 6.45) is 9.23. The van der Waals surface area contributed by atoms with Crippen LogP contribution in [0.3, 0.4) is 0 Å². The molecule has 3 heterocycles. The van der Waals surface area contributed by atoms with Gasteiger partial charge in [0.1, 0.15) is 0 Å². The highest BCUT2D eigenvalue weighted by molar-refractivity contribution is 5.95. The van der Waals surface area contributed by atoms with E-state index >= 15 is 0 Å². The van der Waals surface area contributed by atoms with Crippen LogP contribution in [0.5, 0.6) is 5.88 Å². The molecule has 6 nitrogen and oxygen atoms in total. The van der Waals surface area contributed by atoms with Gasteiger partial charge < -0.3 is 9.64 Å². The Bertz CT molecular complexity index is 768. The second kappa shape index (κ2) is 8.48. The van der Waals surface area contributed by atoms with Gasteiger partial charge in [0.15, 0.2) is 0 Å². The molecule has 0 radical (unpaired) electrons. The third-order valence-electron chi connectivity index (χ3n) is 5.38. The number of benzene rings is 1. The van der Waals surface area contributed by atoms with Crippen LogP contribution in [-0.4, -0.2) is 53.6 Å². The summed E-state index contributed by atoms with van der Waals surface area (Å²) in [5.41, 5.74) is 2.37. The molecule has 2 aliphatic rings. The highest BCUT2D eigenvalue weighted by Gasteiger charge is 2.27. The number of piperidine rings is 1. The molecule has 1 amide bonds. The normalized spacial score (nSPS) is 20.1. The number of hydrogen-bond acceptors (Lipinski definition) is 5. The molecule has 0 bridgehead atoms. The number of para-hydroxylation sites is 1. The molecule has 1 saturated heterocycles. The molecule has 1 aromatic heterocycles. The number of likely N-dealkylation sites (tertiary alicyclic amines) is 1. The van der Waals surface area contributed by atoms with Gasteiger partial charge in [0.2, 0.25) is 11.8 Å². The first-order chi connectivity index (χ1) is 13.3. The van der Waals surface area contributed by atoms with Gasteiger partial charge in [0.05, 0.1) is 19.3 Å². The van der Waals surface area contributed by atoms with Gasteiger partial charge in [-0.3, -0.25) is 14.7 Å². The zero-order chi connectivity index (χ0) is 18.5. The van der Waals surface area contributed by atoms with Crippen molar-refractivity contribution in [1.29, 1.82) is 0 Å². The van der Waals surface area contributed by atoms with Crippen molar-refractivity contribution in [1.82, 2.24) is 14.9 Å². The van der Waals surface area contributed by atoms with Crippen LogP contribution in [0.15, 0.2) is 42.9 Å². The Morgan fingerprint density at radius 1 is 1.19 bits per heavy atom. The number of carbonyl (C=O) groups excluding carboxylic acids is 1. The van der Waals surface area contributed by atoms with E-state index in [4.69, 9.17) is 4.74 Å². The third-order valence-corrected chi connectivity index (χ3v) is 5.38. The standard InChI is InChI=1S/C21H26N4O2/c26-21(25-12-4-7-18-6-1-2-8-19(18)25)15-24-11-3-5-17(14-24)16-27-20-13-22-9-10-23-20/h1-2,6,8-10,13,17H,3-5,7,11-12,14-16H2. The Hall–Kier alpha value is -2.47. The summed E-state index contributed by atoms with van der Waals surface area (Å²) in [5, 5.41) is 0. The van der Waals surface area contributed by atoms with E-state index < -0.39 is 0 Å². The van der Waals surface area contributed by atoms with Crippen LogP contribution in [0.25, 0.3) is 0 Å². The number of aryl methyl sites for hydroxylation is 1. The molecule has 2 aliphatic heterocycles. The summed E-state index contributed by atoms with van der Waals surface area (Å²) < 4.78 is 5.77. The minimum Gasteiger partial charge on any atom is -0.476 e. The fourth-order valence-corrected chi connectivity index (χ4v) is 4.06. The van der Waals surface area contributed by atoms with E-state index in [-0.39, 0.29) is 5.91 Å². The van der Waals surface area contributed by atoms with Gasteiger partial charge in [0, 0.05) is 37.1 Å². The SMILES string of the molecule is O=C(CN1CCCC(COc2cnccn2)C1)N1CCCc2ccccc21. The quantitative estimate of drug-likeness (QED) is 0.814. The lowest BCUT2D eigenvalue weighted by Gasteiger charge is -2.35. The van der Waals surface area contributed by atoms with Crippen molar-refractivity contribution < 1.29 is 9.53 Å². The minimum atomic E-state index is 0.206. The lowest BCUT2D eigenvalue weighted by atomic mass is 9.98. The molecular weight excluding hydrogens is 340 g/mol. The Morgan fingerprint density at radius 3 is 3.00 bits per heavy atom. The van der Waals surface area contributed by atoms with Crippen molar-refractivity contribution in [2.45, 2.75) is 25.7 Å². The van der Waals surface area contributed by atoms with Gasteiger partial charge in [-0.1, -0.05) is 18.2 Å². The number of hydrogen-bond donors (Lipinski definition) is 0. The van der Waals surface area contributed by atoms with Crippen molar-refractivity contribution in [3.63, 3.8) is 0 Å². The average Bonchev–Trinajstić information content (AvgIpc) is 2.73. The molecule has 0 saturated carbocycles. The first kappa shape index (κ1) is 17.9. The summed E-state index contributed by atoms with van der Waals surface area (Å²) >= 11 is 0. The Morgan fingerprint density at radius 2 is 2.11 bits per heavy atom. The molecule has 1 atom stereocenters. The molecule has 142 valence electrons. The molecule has 6 heteroatoms. The first-order valence-corrected chi connectivity index (χ1v) is 9.79. The fourth-order valence-electron chi connectivity index (χ4n) is 4.06. The number of rotatable bonds is 5. The highest BCUT2D eigenvalue weighted by atomic mass is 16.5. The summed E-state index contributed by atoms with van der Waals surface area (Å²) in [5.74, 6) is 1.19. The number of nitrogens with zero attached hydrogens (tertiary/aromatic N) is 4. The minimum absolute atomic E-state index is 0.206. The van der Waals surface area contributed by atoms with Crippen molar-refractivity contribution in [3.8, 4) is 5.88 Å². The Kier molecular flexibility index (Phi) is 5.63. The Labute approximate surface area is 160 Å². The van der Waals surface area contributed by atoms with Gasteiger partial charge in [-0.05, 0) is 43.9 Å². The molecule has 0 N–H and O–H groups in total. The molecule has 1 aromatic carbocycles. The van der Waals surface area contributed by atoms with Gasteiger partial charge in [-0.15, -0.1) is 0 Å². The van der Waals surface area contributed by atoms with Gasteiger partial charge >= 0.3 is 0 Å². The van der Waals surface area contributed by atoms with Gasteiger partial charge in [0.25, 0.3) is 0 Å². The monoisotopic (exact) mass is 366 g/mol. The van der Waals surface area contributed by atoms with Crippen LogP contribution < -0.4 is 9.64 Å². The van der Waals surface area contributed by atoms with Crippen molar-refractivity contribution in [2.75, 3.05) is 37.7 Å². The summed E-state index contributed by atoms with van der Waals surface area (Å²) in [6.45, 7) is 3.79. The van der Waals surface area contributed by atoms with E-state index in [1.807, 2.05) is 11.0 Å². The van der Waals surface area contributed by atoms with Crippen LogP contribution in [0, 0.1) is 5.92 Å². The second-order valence-corrected chi connectivity index (χ2v) is 7.38. The number of amides is 1. The molecule has 1 fully saturated rings. The second-order valence-electron chi connectivity index (χ2n) is 7.38. The largest absolute Gasteiger partial charge is 0.476 e. The molecule has 4 rings (SSSR count). The van der Waals surface area contributed by atoms with Crippen LogP contribution in [0.4, 0.5) is 5.69 Å². The van der Waals surface area contributed by atoms with Crippen molar-refractivity contribution >= 4 is 11.6 Å². The summed E-state index contributed by atoms with van der Waals surface area (Å²) in [6, 6.07) is 8.28. The molecule has 0 aliphatic carbocycles. The number of ether oxygens (including phenoxy) is 1. The molecular formula is C21H26N4O2. The van der Waals surface area contributed by atoms with Crippen LogP contribution in [-0.2, 0) is 11.2 Å². The van der Waals surface area contributed by atoms with E-state index in [0.717, 1.165) is 51.0 Å². The maximum absolute atomic E-state index is 12.9. The molecule has 0 spiro atoms. The number of carbonyl (C=O) groups is 1. The van der Waals surface area contributed by atoms with Crippen LogP contribution >= 0.6 is 0 Å². The smallest absolute Gasteiger partial charge is 0.241 e. The maximum atomic E-state index is 12.9. The summed E-state index contributed by atoms with van der Waals surface area (Å²) in [7, 11) is 0. The van der Waals surface area contributed by atoms with E-state index in [1.54, 1.807) is 18.6 Å². The predicted octanol–water partition coefficient (Wildman–Crippen LogP) is 2.55. The number of fused-ring (bicyclic) bond motifs is 1. The van der Waals surface area contributed by atoms with Crippen molar-refractivity contribution in [3.05, 3.63) is 48.4 Å². The van der Waals surface area contributed by atoms with Gasteiger partial charge in [-0.25, -0.2) is 4.98 Å². The van der Waals surface area contributed by atoms with E-state index in [0.29, 0.717) is 24.9 Å². The molecule has 1 unspecified atom stereocenters. The topological polar surface area (TPSA) is 58.6 Å². The van der Waals surface area contributed by atoms with E-state index in [9.17, 15) is 4.79 Å². The predicted molar refractivity (Wildman–Crippen MR) is 104 cm³/mol. The summed E-state index contributed by atoms with van der Waals surface area (Å²) in [4.78, 5) is 25.4. The zero-order valence-corrected chi connectivity index (χ0v) is 15.6. The van der Waals surface area contributed by atoms with Crippen LogP contribution in [0.1, 0.15) is 24.8 Å². The number of anilines is 1. The van der Waals surface area contributed by atoms with Crippen molar-refractivity contribution in [2.24, 2.45) is 5.92 Å². The highest BCUT2D eigenvalue weighted by Crippen LogP contribution is 2.27.